The number of hydrogen-bond donors (Lipinski definition) is 1. The Kier molecular flexibility index (Phi) is 6.89. The Morgan fingerprint density at radius 2 is 1.86 bits per heavy atom. The highest BCUT2D eigenvalue weighted by Gasteiger charge is 2.34. The van der Waals surface area contributed by atoms with Gasteiger partial charge < -0.3 is 9.32 Å². The average Bonchev–Trinajstić information content (AvgIpc) is 3.12. The van der Waals surface area contributed by atoms with E-state index in [1.165, 1.54) is 42.7 Å². The normalized spacial score (nSPS) is 13.3. The SMILES string of the molecule is CCC(C)NS(=O)(=O)c1ccc(C(=O)N(Cc2ccco2)CC(F)(F)F)cc1. The molecule has 0 fully saturated rings. The summed E-state index contributed by atoms with van der Waals surface area (Å²) in [6, 6.07) is 7.47. The summed E-state index contributed by atoms with van der Waals surface area (Å²) in [4.78, 5) is 13.1. The summed E-state index contributed by atoms with van der Waals surface area (Å²) in [6.45, 7) is 1.71. The largest absolute Gasteiger partial charge is 0.467 e. The van der Waals surface area contributed by atoms with Crippen LogP contribution in [0, 0.1) is 0 Å². The lowest BCUT2D eigenvalue weighted by atomic mass is 10.2. The van der Waals surface area contributed by atoms with Crippen LogP contribution in [0.5, 0.6) is 0 Å². The molecular formula is C18H21F3N2O4S. The highest BCUT2D eigenvalue weighted by atomic mass is 32.2. The molecule has 0 aliphatic heterocycles. The van der Waals surface area contributed by atoms with Crippen molar-refractivity contribution in [1.82, 2.24) is 9.62 Å². The molecular weight excluding hydrogens is 397 g/mol. The van der Waals surface area contributed by atoms with E-state index in [0.717, 1.165) is 0 Å². The fourth-order valence-electron chi connectivity index (χ4n) is 2.38. The Hall–Kier alpha value is -2.33. The Bertz CT molecular complexity index is 879. The smallest absolute Gasteiger partial charge is 0.406 e. The number of furan rings is 1. The Morgan fingerprint density at radius 3 is 2.36 bits per heavy atom. The number of hydrogen-bond acceptors (Lipinski definition) is 4. The third-order valence-electron chi connectivity index (χ3n) is 3.96. The maximum absolute atomic E-state index is 12.9. The van der Waals surface area contributed by atoms with Crippen LogP contribution < -0.4 is 4.72 Å². The van der Waals surface area contributed by atoms with Crippen molar-refractivity contribution in [2.75, 3.05) is 6.54 Å². The van der Waals surface area contributed by atoms with Gasteiger partial charge in [0.15, 0.2) is 0 Å². The van der Waals surface area contributed by atoms with Crippen molar-refractivity contribution in [2.45, 2.75) is 43.9 Å². The molecule has 0 radical (unpaired) electrons. The summed E-state index contributed by atoms with van der Waals surface area (Å²) < 4.78 is 70.6. The van der Waals surface area contributed by atoms with Gasteiger partial charge in [-0.1, -0.05) is 6.92 Å². The topological polar surface area (TPSA) is 79.6 Å². The molecule has 1 aromatic carbocycles. The molecule has 1 atom stereocenters. The summed E-state index contributed by atoms with van der Waals surface area (Å²) in [5, 5.41) is 0. The number of carbonyl (C=O) groups excluding carboxylic acids is 1. The molecule has 2 aromatic rings. The quantitative estimate of drug-likeness (QED) is 0.711. The molecule has 154 valence electrons. The molecule has 0 saturated heterocycles. The molecule has 1 heterocycles. The third kappa shape index (κ3) is 6.10. The molecule has 0 aliphatic carbocycles. The zero-order valence-electron chi connectivity index (χ0n) is 15.4. The van der Waals surface area contributed by atoms with Crippen LogP contribution in [-0.4, -0.2) is 38.0 Å². The van der Waals surface area contributed by atoms with Crippen LogP contribution in [0.4, 0.5) is 13.2 Å². The van der Waals surface area contributed by atoms with Crippen molar-refractivity contribution >= 4 is 15.9 Å². The number of alkyl halides is 3. The van der Waals surface area contributed by atoms with E-state index >= 15 is 0 Å². The summed E-state index contributed by atoms with van der Waals surface area (Å²) in [5.74, 6) is -0.679. The van der Waals surface area contributed by atoms with Gasteiger partial charge in [0.05, 0.1) is 17.7 Å². The second-order valence-corrected chi connectivity index (χ2v) is 8.02. The predicted octanol–water partition coefficient (Wildman–Crippen LogP) is 3.56. The molecule has 0 aliphatic rings. The van der Waals surface area contributed by atoms with Crippen LogP contribution >= 0.6 is 0 Å². The van der Waals surface area contributed by atoms with Crippen molar-refractivity contribution in [1.29, 1.82) is 0 Å². The van der Waals surface area contributed by atoms with Gasteiger partial charge in [-0.3, -0.25) is 4.79 Å². The van der Waals surface area contributed by atoms with E-state index in [4.69, 9.17) is 4.42 Å². The number of nitrogens with zero attached hydrogens (tertiary/aromatic N) is 1. The second kappa shape index (κ2) is 8.78. The molecule has 1 aromatic heterocycles. The Labute approximate surface area is 161 Å². The van der Waals surface area contributed by atoms with Crippen molar-refractivity contribution in [3.8, 4) is 0 Å². The standard InChI is InChI=1S/C18H21F3N2O4S/c1-3-13(2)22-28(25,26)16-8-6-14(7-9-16)17(24)23(12-18(19,20)21)11-15-5-4-10-27-15/h4-10,13,22H,3,11-12H2,1-2H3. The fraction of sp³-hybridized carbons (Fsp3) is 0.389. The number of nitrogens with one attached hydrogen (secondary N) is 1. The monoisotopic (exact) mass is 418 g/mol. The first-order valence-corrected chi connectivity index (χ1v) is 10.0. The zero-order chi connectivity index (χ0) is 20.9. The average molecular weight is 418 g/mol. The number of amides is 1. The van der Waals surface area contributed by atoms with Gasteiger partial charge in [0.1, 0.15) is 12.3 Å². The van der Waals surface area contributed by atoms with E-state index in [2.05, 4.69) is 4.72 Å². The lowest BCUT2D eigenvalue weighted by Gasteiger charge is -2.23. The van der Waals surface area contributed by atoms with Gasteiger partial charge in [0, 0.05) is 11.6 Å². The van der Waals surface area contributed by atoms with Crippen molar-refractivity contribution in [3.63, 3.8) is 0 Å². The van der Waals surface area contributed by atoms with Crippen molar-refractivity contribution in [2.24, 2.45) is 0 Å². The summed E-state index contributed by atoms with van der Waals surface area (Å²) in [6.07, 6.45) is -2.70. The van der Waals surface area contributed by atoms with Crippen LogP contribution in [-0.2, 0) is 16.6 Å². The van der Waals surface area contributed by atoms with E-state index in [1.54, 1.807) is 6.92 Å². The van der Waals surface area contributed by atoms with E-state index < -0.39 is 28.7 Å². The lowest BCUT2D eigenvalue weighted by molar-refractivity contribution is -0.142. The molecule has 0 bridgehead atoms. The number of carbonyl (C=O) groups is 1. The number of sulfonamides is 1. The first-order valence-electron chi connectivity index (χ1n) is 8.52. The first-order chi connectivity index (χ1) is 13.0. The van der Waals surface area contributed by atoms with Crippen LogP contribution in [0.2, 0.25) is 0 Å². The van der Waals surface area contributed by atoms with Gasteiger partial charge in [-0.15, -0.1) is 0 Å². The van der Waals surface area contributed by atoms with Crippen LogP contribution in [0.25, 0.3) is 0 Å². The lowest BCUT2D eigenvalue weighted by Crippen LogP contribution is -2.38. The molecule has 0 saturated carbocycles. The summed E-state index contributed by atoms with van der Waals surface area (Å²) in [7, 11) is -3.77. The number of benzene rings is 1. The van der Waals surface area contributed by atoms with E-state index in [0.29, 0.717) is 11.3 Å². The van der Waals surface area contributed by atoms with E-state index in [1.807, 2.05) is 6.92 Å². The van der Waals surface area contributed by atoms with E-state index in [9.17, 15) is 26.4 Å². The molecule has 1 amide bonds. The van der Waals surface area contributed by atoms with E-state index in [-0.39, 0.29) is 28.8 Å². The minimum atomic E-state index is -4.59. The highest BCUT2D eigenvalue weighted by molar-refractivity contribution is 7.89. The van der Waals surface area contributed by atoms with Crippen LogP contribution in [0.1, 0.15) is 36.4 Å². The van der Waals surface area contributed by atoms with Gasteiger partial charge in [-0.2, -0.15) is 13.2 Å². The predicted molar refractivity (Wildman–Crippen MR) is 96.0 cm³/mol. The van der Waals surface area contributed by atoms with Gasteiger partial charge >= 0.3 is 6.18 Å². The van der Waals surface area contributed by atoms with Crippen molar-refractivity contribution < 1.29 is 30.8 Å². The third-order valence-corrected chi connectivity index (χ3v) is 5.57. The molecule has 0 spiro atoms. The van der Waals surface area contributed by atoms with Gasteiger partial charge in [0.25, 0.3) is 5.91 Å². The van der Waals surface area contributed by atoms with Crippen molar-refractivity contribution in [3.05, 3.63) is 54.0 Å². The van der Waals surface area contributed by atoms with Gasteiger partial charge in [-0.25, -0.2) is 13.1 Å². The Morgan fingerprint density at radius 1 is 1.21 bits per heavy atom. The van der Waals surface area contributed by atoms with Crippen LogP contribution in [0.3, 0.4) is 0 Å². The highest BCUT2D eigenvalue weighted by Crippen LogP contribution is 2.21. The summed E-state index contributed by atoms with van der Waals surface area (Å²) in [5.41, 5.74) is -0.0571. The minimum Gasteiger partial charge on any atom is -0.467 e. The second-order valence-electron chi connectivity index (χ2n) is 6.31. The maximum atomic E-state index is 12.9. The fourth-order valence-corrected chi connectivity index (χ4v) is 3.71. The van der Waals surface area contributed by atoms with Crippen LogP contribution in [0.15, 0.2) is 52.0 Å². The number of rotatable bonds is 8. The zero-order valence-corrected chi connectivity index (χ0v) is 16.2. The molecule has 1 N–H and O–H groups in total. The molecule has 28 heavy (non-hydrogen) atoms. The van der Waals surface area contributed by atoms with Gasteiger partial charge in [0.2, 0.25) is 10.0 Å². The Balaban J connectivity index is 2.22. The number of halogens is 3. The van der Waals surface area contributed by atoms with Gasteiger partial charge in [-0.05, 0) is 49.7 Å². The molecule has 10 heteroatoms. The first kappa shape index (κ1) is 22.0. The molecule has 2 rings (SSSR count). The maximum Gasteiger partial charge on any atom is 0.406 e. The summed E-state index contributed by atoms with van der Waals surface area (Å²) >= 11 is 0. The molecule has 6 nitrogen and oxygen atoms in total. The molecule has 1 unspecified atom stereocenters. The minimum absolute atomic E-state index is 0.0571.